The average molecular weight is 333 g/mol. The number of ether oxygens (including phenoxy) is 2. The number of hydrogen-bond acceptors (Lipinski definition) is 5. The van der Waals surface area contributed by atoms with Crippen LogP contribution in [0.15, 0.2) is 23.1 Å². The number of piperidine rings is 1. The van der Waals surface area contributed by atoms with Crippen molar-refractivity contribution >= 4 is 22.4 Å². The highest BCUT2D eigenvalue weighted by Gasteiger charge is 2.54. The fourth-order valence-corrected chi connectivity index (χ4v) is 4.38. The Morgan fingerprint density at radius 1 is 1.10 bits per heavy atom. The molecule has 2 aliphatic heterocycles. The van der Waals surface area contributed by atoms with Crippen molar-refractivity contribution in [2.75, 3.05) is 26.3 Å². The van der Waals surface area contributed by atoms with E-state index in [1.165, 1.54) is 6.07 Å². The quantitative estimate of drug-likeness (QED) is 0.836. The lowest BCUT2D eigenvalue weighted by Crippen LogP contribution is -2.32. The fraction of sp³-hybridized carbons (Fsp3) is 0.538. The first-order chi connectivity index (χ1) is 9.65. The Hall–Kier alpha value is -1.02. The molecule has 0 bridgehead atoms. The van der Waals surface area contributed by atoms with Crippen LogP contribution in [-0.2, 0) is 10.0 Å². The third-order valence-electron chi connectivity index (χ3n) is 4.21. The average Bonchev–Trinajstić information content (AvgIpc) is 2.89. The third kappa shape index (κ3) is 2.59. The van der Waals surface area contributed by atoms with Crippen molar-refractivity contribution in [1.82, 2.24) is 10.0 Å². The van der Waals surface area contributed by atoms with Crippen LogP contribution in [-0.4, -0.2) is 40.8 Å². The van der Waals surface area contributed by atoms with Gasteiger partial charge in [-0.15, -0.1) is 12.4 Å². The molecule has 0 spiro atoms. The van der Waals surface area contributed by atoms with Crippen molar-refractivity contribution < 1.29 is 17.9 Å². The summed E-state index contributed by atoms with van der Waals surface area (Å²) in [5.74, 6) is 1.99. The smallest absolute Gasteiger partial charge is 0.240 e. The number of hydrogen-bond donors (Lipinski definition) is 2. The van der Waals surface area contributed by atoms with Gasteiger partial charge in [-0.1, -0.05) is 0 Å². The number of halogens is 1. The molecule has 6 nitrogen and oxygen atoms in total. The highest BCUT2D eigenvalue weighted by molar-refractivity contribution is 7.89. The Morgan fingerprint density at radius 2 is 1.76 bits per heavy atom. The lowest BCUT2D eigenvalue weighted by molar-refractivity contribution is 0.171. The van der Waals surface area contributed by atoms with Crippen molar-refractivity contribution in [3.05, 3.63) is 18.2 Å². The standard InChI is InChI=1S/C13H16N2O4S.ClH/c16-20(17,15-13-9-6-14-7-10(9)13)8-1-2-11-12(5-8)19-4-3-18-11;/h1-2,5,9-10,13-15H,3-4,6-7H2;1H. The first-order valence-corrected chi connectivity index (χ1v) is 8.26. The molecule has 3 aliphatic rings. The summed E-state index contributed by atoms with van der Waals surface area (Å²) in [6, 6.07) is 4.83. The molecule has 2 N–H and O–H groups in total. The van der Waals surface area contributed by atoms with E-state index in [9.17, 15) is 8.42 Å². The van der Waals surface area contributed by atoms with E-state index in [4.69, 9.17) is 9.47 Å². The Kier molecular flexibility index (Phi) is 3.77. The molecule has 8 heteroatoms. The maximum atomic E-state index is 12.4. The maximum absolute atomic E-state index is 12.4. The second-order valence-electron chi connectivity index (χ2n) is 5.44. The van der Waals surface area contributed by atoms with Crippen LogP contribution in [0.3, 0.4) is 0 Å². The third-order valence-corrected chi connectivity index (χ3v) is 5.66. The molecule has 1 aromatic carbocycles. The van der Waals surface area contributed by atoms with E-state index in [1.54, 1.807) is 12.1 Å². The van der Waals surface area contributed by atoms with E-state index in [2.05, 4.69) is 10.0 Å². The molecule has 2 heterocycles. The summed E-state index contributed by atoms with van der Waals surface area (Å²) < 4.78 is 38.4. The number of nitrogens with one attached hydrogen (secondary N) is 2. The number of fused-ring (bicyclic) bond motifs is 2. The van der Waals surface area contributed by atoms with Crippen LogP contribution < -0.4 is 19.5 Å². The van der Waals surface area contributed by atoms with Crippen LogP contribution in [0.25, 0.3) is 0 Å². The van der Waals surface area contributed by atoms with Gasteiger partial charge in [0.15, 0.2) is 11.5 Å². The summed E-state index contributed by atoms with van der Waals surface area (Å²) in [5, 5.41) is 3.25. The minimum atomic E-state index is -3.49. The minimum absolute atomic E-state index is 0. The van der Waals surface area contributed by atoms with Crippen LogP contribution in [0.1, 0.15) is 0 Å². The summed E-state index contributed by atoms with van der Waals surface area (Å²) in [5.41, 5.74) is 0. The summed E-state index contributed by atoms with van der Waals surface area (Å²) in [6.45, 7) is 2.75. The molecule has 4 rings (SSSR count). The van der Waals surface area contributed by atoms with Crippen molar-refractivity contribution in [2.24, 2.45) is 11.8 Å². The van der Waals surface area contributed by atoms with Crippen molar-refractivity contribution in [1.29, 1.82) is 0 Å². The van der Waals surface area contributed by atoms with Crippen LogP contribution in [0.5, 0.6) is 11.5 Å². The Balaban J connectivity index is 0.00000132. The van der Waals surface area contributed by atoms with Gasteiger partial charge in [0, 0.05) is 12.1 Å². The molecule has 0 radical (unpaired) electrons. The van der Waals surface area contributed by atoms with Crippen molar-refractivity contribution in [3.63, 3.8) is 0 Å². The molecule has 1 saturated heterocycles. The summed E-state index contributed by atoms with van der Waals surface area (Å²) in [6.07, 6.45) is 0. The molecule has 0 aromatic heterocycles. The van der Waals surface area contributed by atoms with Crippen LogP contribution >= 0.6 is 12.4 Å². The van der Waals surface area contributed by atoms with Gasteiger partial charge in [0.2, 0.25) is 10.0 Å². The molecule has 1 saturated carbocycles. The topological polar surface area (TPSA) is 76.7 Å². The normalized spacial score (nSPS) is 29.4. The predicted molar refractivity (Wildman–Crippen MR) is 78.6 cm³/mol. The largest absolute Gasteiger partial charge is 0.486 e. The summed E-state index contributed by atoms with van der Waals surface area (Å²) >= 11 is 0. The van der Waals surface area contributed by atoms with Gasteiger partial charge >= 0.3 is 0 Å². The van der Waals surface area contributed by atoms with Gasteiger partial charge in [0.25, 0.3) is 0 Å². The van der Waals surface area contributed by atoms with E-state index in [-0.39, 0.29) is 23.3 Å². The van der Waals surface area contributed by atoms with E-state index >= 15 is 0 Å². The second kappa shape index (κ2) is 5.31. The minimum Gasteiger partial charge on any atom is -0.486 e. The van der Waals surface area contributed by atoms with Crippen LogP contribution in [0, 0.1) is 11.8 Å². The van der Waals surface area contributed by atoms with Crippen molar-refractivity contribution in [2.45, 2.75) is 10.9 Å². The molecule has 1 aliphatic carbocycles. The molecule has 2 unspecified atom stereocenters. The lowest BCUT2D eigenvalue weighted by atomic mass is 10.3. The van der Waals surface area contributed by atoms with Gasteiger partial charge in [0.05, 0.1) is 4.90 Å². The second-order valence-corrected chi connectivity index (χ2v) is 7.15. The zero-order valence-corrected chi connectivity index (χ0v) is 12.9. The van der Waals surface area contributed by atoms with Gasteiger partial charge in [-0.2, -0.15) is 0 Å². The number of rotatable bonds is 3. The Labute approximate surface area is 129 Å². The summed E-state index contributed by atoms with van der Waals surface area (Å²) in [7, 11) is -3.49. The molecule has 0 amide bonds. The first kappa shape index (κ1) is 14.9. The molecule has 116 valence electrons. The highest BCUT2D eigenvalue weighted by atomic mass is 35.5. The fourth-order valence-electron chi connectivity index (χ4n) is 3.03. The molecular formula is C13H17ClN2O4S. The van der Waals surface area contributed by atoms with Gasteiger partial charge in [-0.25, -0.2) is 13.1 Å². The molecular weight excluding hydrogens is 316 g/mol. The van der Waals surface area contributed by atoms with E-state index in [0.29, 0.717) is 36.5 Å². The van der Waals surface area contributed by atoms with Gasteiger partial charge < -0.3 is 14.8 Å². The molecule has 2 atom stereocenters. The zero-order valence-electron chi connectivity index (χ0n) is 11.2. The molecule has 1 aromatic rings. The number of sulfonamides is 1. The molecule has 2 fully saturated rings. The zero-order chi connectivity index (χ0) is 13.7. The Morgan fingerprint density at radius 3 is 2.48 bits per heavy atom. The van der Waals surface area contributed by atoms with E-state index in [0.717, 1.165) is 13.1 Å². The SMILES string of the molecule is Cl.O=S(=O)(NC1C2CNCC21)c1ccc2c(c1)OCCO2. The predicted octanol–water partition coefficient (Wildman–Crippen LogP) is 0.376. The highest BCUT2D eigenvalue weighted by Crippen LogP contribution is 2.42. The van der Waals surface area contributed by atoms with Gasteiger partial charge in [0.1, 0.15) is 13.2 Å². The van der Waals surface area contributed by atoms with E-state index in [1.807, 2.05) is 0 Å². The van der Waals surface area contributed by atoms with Gasteiger partial charge in [-0.3, -0.25) is 0 Å². The van der Waals surface area contributed by atoms with Gasteiger partial charge in [-0.05, 0) is 37.1 Å². The summed E-state index contributed by atoms with van der Waals surface area (Å²) in [4.78, 5) is 0.236. The Bertz CT molecular complexity index is 642. The monoisotopic (exact) mass is 332 g/mol. The van der Waals surface area contributed by atoms with Crippen LogP contribution in [0.2, 0.25) is 0 Å². The van der Waals surface area contributed by atoms with Crippen LogP contribution in [0.4, 0.5) is 0 Å². The first-order valence-electron chi connectivity index (χ1n) is 6.78. The lowest BCUT2D eigenvalue weighted by Gasteiger charge is -2.19. The number of benzene rings is 1. The van der Waals surface area contributed by atoms with E-state index < -0.39 is 10.0 Å². The molecule has 21 heavy (non-hydrogen) atoms. The van der Waals surface area contributed by atoms with Crippen molar-refractivity contribution in [3.8, 4) is 11.5 Å². The maximum Gasteiger partial charge on any atom is 0.240 e.